The van der Waals surface area contributed by atoms with E-state index in [1.54, 1.807) is 12.1 Å². The molecule has 0 aliphatic carbocycles. The number of nitrogens with zero attached hydrogens (tertiary/aromatic N) is 1. The van der Waals surface area contributed by atoms with E-state index >= 15 is 0 Å². The van der Waals surface area contributed by atoms with Gasteiger partial charge in [-0.1, -0.05) is 0 Å². The summed E-state index contributed by atoms with van der Waals surface area (Å²) in [5, 5.41) is 2.24. The number of rotatable bonds is 4. The molecule has 28 heavy (non-hydrogen) atoms. The van der Waals surface area contributed by atoms with Gasteiger partial charge in [0.25, 0.3) is 5.91 Å². The van der Waals surface area contributed by atoms with Crippen molar-refractivity contribution >= 4 is 35.1 Å². The Morgan fingerprint density at radius 2 is 1.96 bits per heavy atom. The summed E-state index contributed by atoms with van der Waals surface area (Å²) in [6.07, 6.45) is 1.59. The summed E-state index contributed by atoms with van der Waals surface area (Å²) >= 11 is 4.95. The molecule has 1 aromatic heterocycles. The number of hydrogen-bond donors (Lipinski definition) is 3. The minimum atomic E-state index is -0.550. The first-order valence-corrected chi connectivity index (χ1v) is 8.80. The van der Waals surface area contributed by atoms with Crippen molar-refractivity contribution in [2.75, 3.05) is 6.54 Å². The van der Waals surface area contributed by atoms with Crippen molar-refractivity contribution in [1.82, 2.24) is 21.1 Å². The molecule has 146 valence electrons. The van der Waals surface area contributed by atoms with E-state index in [1.165, 1.54) is 23.3 Å². The summed E-state index contributed by atoms with van der Waals surface area (Å²) in [6, 6.07) is 8.40. The molecule has 0 radical (unpaired) electrons. The lowest BCUT2D eigenvalue weighted by Crippen LogP contribution is -2.50. The molecule has 1 atom stereocenters. The molecule has 10 heteroatoms. The molecule has 3 N–H and O–H groups in total. The van der Waals surface area contributed by atoms with Crippen molar-refractivity contribution in [3.63, 3.8) is 0 Å². The van der Waals surface area contributed by atoms with Crippen molar-refractivity contribution in [3.05, 3.63) is 59.8 Å². The zero-order chi connectivity index (χ0) is 20.1. The van der Waals surface area contributed by atoms with Gasteiger partial charge in [0.15, 0.2) is 5.11 Å². The average Bonchev–Trinajstić information content (AvgIpc) is 3.31. The first-order valence-electron chi connectivity index (χ1n) is 8.39. The highest BCUT2D eigenvalue weighted by molar-refractivity contribution is 7.80. The summed E-state index contributed by atoms with van der Waals surface area (Å²) in [5.41, 5.74) is 5.02. The molecule has 1 aliphatic heterocycles. The Bertz CT molecular complexity index is 886. The van der Waals surface area contributed by atoms with Crippen molar-refractivity contribution in [3.8, 4) is 0 Å². The van der Waals surface area contributed by atoms with Crippen LogP contribution in [0.3, 0.4) is 0 Å². The lowest BCUT2D eigenvalue weighted by atomic mass is 10.1. The molecular weight excluding hydrogens is 387 g/mol. The van der Waals surface area contributed by atoms with E-state index in [2.05, 4.69) is 16.2 Å². The molecule has 0 bridgehead atoms. The van der Waals surface area contributed by atoms with Crippen LogP contribution in [0.25, 0.3) is 0 Å². The van der Waals surface area contributed by atoms with Crippen molar-refractivity contribution in [1.29, 1.82) is 0 Å². The molecule has 1 fully saturated rings. The van der Waals surface area contributed by atoms with Crippen LogP contribution in [-0.2, 0) is 16.1 Å². The third-order valence-corrected chi connectivity index (χ3v) is 4.35. The molecule has 0 spiro atoms. The Hall–Kier alpha value is -3.27. The molecule has 1 aliphatic rings. The molecule has 1 saturated heterocycles. The fourth-order valence-electron chi connectivity index (χ4n) is 2.72. The van der Waals surface area contributed by atoms with E-state index in [9.17, 15) is 18.8 Å². The molecule has 0 saturated carbocycles. The standard InChI is InChI=1S/C18H17FN4O4S/c19-13-5-3-11(4-6-13)16(25)20-18(28)22-21-17(26)12-8-15(24)23(9-12)10-14-2-1-7-27-14/h1-7,12H,8-10H2,(H,21,26)(H2,20,22,25,28). The normalized spacial score (nSPS) is 16.0. The number of carbonyl (C=O) groups excluding carboxylic acids is 3. The van der Waals surface area contributed by atoms with Gasteiger partial charge < -0.3 is 9.32 Å². The number of hydrogen-bond acceptors (Lipinski definition) is 5. The van der Waals surface area contributed by atoms with Gasteiger partial charge in [0.05, 0.1) is 18.7 Å². The molecule has 1 unspecified atom stereocenters. The minimum absolute atomic E-state index is 0.0723. The summed E-state index contributed by atoms with van der Waals surface area (Å²) in [5.74, 6) is -1.50. The van der Waals surface area contributed by atoms with Gasteiger partial charge in [-0.05, 0) is 48.6 Å². The Balaban J connectivity index is 1.44. The van der Waals surface area contributed by atoms with Crippen LogP contribution in [0.4, 0.5) is 4.39 Å². The maximum Gasteiger partial charge on any atom is 0.257 e. The predicted molar refractivity (Wildman–Crippen MR) is 100.0 cm³/mol. The van der Waals surface area contributed by atoms with Crippen LogP contribution in [0, 0.1) is 11.7 Å². The number of benzene rings is 1. The van der Waals surface area contributed by atoms with Gasteiger partial charge >= 0.3 is 0 Å². The average molecular weight is 404 g/mol. The van der Waals surface area contributed by atoms with Crippen LogP contribution >= 0.6 is 12.2 Å². The molecule has 2 aromatic rings. The summed E-state index contributed by atoms with van der Waals surface area (Å²) in [7, 11) is 0. The van der Waals surface area contributed by atoms with Gasteiger partial charge in [-0.25, -0.2) is 4.39 Å². The number of thiocarbonyl (C=S) groups is 1. The quantitative estimate of drug-likeness (QED) is 0.521. The fourth-order valence-corrected chi connectivity index (χ4v) is 2.86. The summed E-state index contributed by atoms with van der Waals surface area (Å²) < 4.78 is 18.1. The number of amides is 3. The Morgan fingerprint density at radius 1 is 1.21 bits per heavy atom. The number of halogens is 1. The molecule has 3 rings (SSSR count). The van der Waals surface area contributed by atoms with Crippen molar-refractivity contribution in [2.24, 2.45) is 5.92 Å². The second-order valence-corrected chi connectivity index (χ2v) is 6.57. The van der Waals surface area contributed by atoms with Crippen LogP contribution < -0.4 is 16.2 Å². The lowest BCUT2D eigenvalue weighted by Gasteiger charge is -2.16. The van der Waals surface area contributed by atoms with Crippen LogP contribution in [0.5, 0.6) is 0 Å². The third-order valence-electron chi connectivity index (χ3n) is 4.14. The molecule has 3 amide bonds. The number of nitrogens with one attached hydrogen (secondary N) is 3. The largest absolute Gasteiger partial charge is 0.467 e. The van der Waals surface area contributed by atoms with E-state index < -0.39 is 23.5 Å². The second kappa shape index (κ2) is 8.61. The van der Waals surface area contributed by atoms with Crippen molar-refractivity contribution < 1.29 is 23.2 Å². The van der Waals surface area contributed by atoms with Gasteiger partial charge in [0, 0.05) is 18.5 Å². The predicted octanol–water partition coefficient (Wildman–Crippen LogP) is 1.10. The maximum absolute atomic E-state index is 12.9. The van der Waals surface area contributed by atoms with Gasteiger partial charge in [-0.2, -0.15) is 0 Å². The Labute approximate surface area is 165 Å². The van der Waals surface area contributed by atoms with Crippen molar-refractivity contribution in [2.45, 2.75) is 13.0 Å². The van der Waals surface area contributed by atoms with Gasteiger partial charge in [0.1, 0.15) is 11.6 Å². The van der Waals surface area contributed by atoms with Crippen LogP contribution in [0.1, 0.15) is 22.5 Å². The van der Waals surface area contributed by atoms with E-state index in [-0.39, 0.29) is 29.5 Å². The zero-order valence-corrected chi connectivity index (χ0v) is 15.4. The van der Waals surface area contributed by atoms with Gasteiger partial charge in [-0.15, -0.1) is 0 Å². The number of furan rings is 1. The monoisotopic (exact) mass is 404 g/mol. The second-order valence-electron chi connectivity index (χ2n) is 6.16. The first-order chi connectivity index (χ1) is 13.4. The van der Waals surface area contributed by atoms with Crippen LogP contribution in [-0.4, -0.2) is 34.3 Å². The van der Waals surface area contributed by atoms with Crippen LogP contribution in [0.2, 0.25) is 0 Å². The summed E-state index contributed by atoms with van der Waals surface area (Å²) in [4.78, 5) is 37.8. The smallest absolute Gasteiger partial charge is 0.257 e. The molecule has 2 heterocycles. The SMILES string of the molecule is O=C(NC(=S)NNC(=O)C1CC(=O)N(Cc2ccco2)C1)c1ccc(F)cc1. The third kappa shape index (κ3) is 4.92. The highest BCUT2D eigenvalue weighted by Crippen LogP contribution is 2.20. The van der Waals surface area contributed by atoms with E-state index in [1.807, 2.05) is 0 Å². The van der Waals surface area contributed by atoms with E-state index in [4.69, 9.17) is 16.6 Å². The molecule has 8 nitrogen and oxygen atoms in total. The Kier molecular flexibility index (Phi) is 5.99. The van der Waals surface area contributed by atoms with Gasteiger partial charge in [0.2, 0.25) is 11.8 Å². The lowest BCUT2D eigenvalue weighted by molar-refractivity contribution is -0.129. The van der Waals surface area contributed by atoms with Gasteiger partial charge in [-0.3, -0.25) is 30.6 Å². The Morgan fingerprint density at radius 3 is 2.64 bits per heavy atom. The fraction of sp³-hybridized carbons (Fsp3) is 0.222. The maximum atomic E-state index is 12.9. The van der Waals surface area contributed by atoms with E-state index in [0.29, 0.717) is 12.3 Å². The topological polar surface area (TPSA) is 104 Å². The molecular formula is C18H17FN4O4S. The first kappa shape index (κ1) is 19.5. The summed E-state index contributed by atoms with van der Waals surface area (Å²) in [6.45, 7) is 0.553. The number of carbonyl (C=O) groups is 3. The minimum Gasteiger partial charge on any atom is -0.467 e. The molecule has 1 aromatic carbocycles. The highest BCUT2D eigenvalue weighted by Gasteiger charge is 2.34. The zero-order valence-electron chi connectivity index (χ0n) is 14.6. The van der Waals surface area contributed by atoms with Crippen LogP contribution in [0.15, 0.2) is 47.1 Å². The highest BCUT2D eigenvalue weighted by atomic mass is 32.1. The number of likely N-dealkylation sites (tertiary alicyclic amines) is 1. The van der Waals surface area contributed by atoms with E-state index in [0.717, 1.165) is 12.1 Å². The number of hydrazine groups is 1.